The molecule has 0 amide bonds. The molecule has 1 aromatic rings. The Morgan fingerprint density at radius 2 is 2.11 bits per heavy atom. The molecule has 0 spiro atoms. The summed E-state index contributed by atoms with van der Waals surface area (Å²) in [6.07, 6.45) is -0.636. The third-order valence-corrected chi connectivity index (χ3v) is 3.30. The molecule has 0 saturated carbocycles. The van der Waals surface area contributed by atoms with Gasteiger partial charge in [0.2, 0.25) is 0 Å². The Hall–Kier alpha value is -0.940. The minimum Gasteiger partial charge on any atom is -0.379 e. The van der Waals surface area contributed by atoms with Gasteiger partial charge in [0, 0.05) is 13.5 Å². The molecule has 0 aromatic heterocycles. The van der Waals surface area contributed by atoms with Gasteiger partial charge in [-0.3, -0.25) is 0 Å². The van der Waals surface area contributed by atoms with E-state index in [1.165, 1.54) is 0 Å². The Kier molecular flexibility index (Phi) is 4.72. The first-order valence-electron chi connectivity index (χ1n) is 6.22. The first-order valence-corrected chi connectivity index (χ1v) is 6.22. The maximum absolute atomic E-state index is 9.78. The Morgan fingerprint density at radius 1 is 1.39 bits per heavy atom. The van der Waals surface area contributed by atoms with E-state index in [-0.39, 0.29) is 18.3 Å². The molecule has 4 atom stereocenters. The fourth-order valence-corrected chi connectivity index (χ4v) is 2.05. The molecule has 1 aliphatic rings. The molecule has 1 N–H and O–H groups in total. The van der Waals surface area contributed by atoms with E-state index in [9.17, 15) is 5.11 Å². The van der Waals surface area contributed by atoms with E-state index >= 15 is 0 Å². The molecule has 0 aliphatic carbocycles. The topological polar surface area (TPSA) is 47.9 Å². The Morgan fingerprint density at radius 3 is 2.78 bits per heavy atom. The van der Waals surface area contributed by atoms with Crippen LogP contribution in [0, 0.1) is 0 Å². The molecule has 1 heterocycles. The highest BCUT2D eigenvalue weighted by molar-refractivity contribution is 5.13. The summed E-state index contributed by atoms with van der Waals surface area (Å²) in [6.45, 7) is 2.41. The second-order valence-electron chi connectivity index (χ2n) is 4.58. The van der Waals surface area contributed by atoms with Crippen LogP contribution < -0.4 is 0 Å². The third kappa shape index (κ3) is 3.29. The van der Waals surface area contributed by atoms with Gasteiger partial charge in [0.25, 0.3) is 0 Å². The quantitative estimate of drug-likeness (QED) is 0.866. The van der Waals surface area contributed by atoms with Crippen LogP contribution in [0.25, 0.3) is 0 Å². The van der Waals surface area contributed by atoms with Crippen molar-refractivity contribution in [3.8, 4) is 0 Å². The summed E-state index contributed by atoms with van der Waals surface area (Å²) < 4.78 is 16.3. The monoisotopic (exact) mass is 252 g/mol. The van der Waals surface area contributed by atoms with Crippen molar-refractivity contribution in [3.63, 3.8) is 0 Å². The van der Waals surface area contributed by atoms with Crippen LogP contribution in [0.3, 0.4) is 0 Å². The van der Waals surface area contributed by atoms with Gasteiger partial charge < -0.3 is 19.3 Å². The smallest absolute Gasteiger partial charge is 0.181 e. The average molecular weight is 252 g/mol. The SMILES string of the molecule is CO[C@H](C)[C@H]1C[C@@H](OCc2ccccc2)C(O)O1. The van der Waals surface area contributed by atoms with Crippen LogP contribution in [0.1, 0.15) is 18.9 Å². The van der Waals surface area contributed by atoms with Gasteiger partial charge in [0.1, 0.15) is 6.10 Å². The molecule has 1 unspecified atom stereocenters. The number of methoxy groups -OCH3 is 1. The van der Waals surface area contributed by atoms with Crippen LogP contribution in [0.15, 0.2) is 30.3 Å². The van der Waals surface area contributed by atoms with Crippen molar-refractivity contribution in [1.29, 1.82) is 0 Å². The molecular weight excluding hydrogens is 232 g/mol. The lowest BCUT2D eigenvalue weighted by molar-refractivity contribution is -0.158. The van der Waals surface area contributed by atoms with Crippen LogP contribution in [-0.2, 0) is 20.8 Å². The zero-order valence-electron chi connectivity index (χ0n) is 10.8. The summed E-state index contributed by atoms with van der Waals surface area (Å²) in [7, 11) is 1.64. The van der Waals surface area contributed by atoms with E-state index in [1.807, 2.05) is 37.3 Å². The predicted octanol–water partition coefficient (Wildman–Crippen LogP) is 1.71. The number of aliphatic hydroxyl groups is 1. The van der Waals surface area contributed by atoms with E-state index in [2.05, 4.69) is 0 Å². The fourth-order valence-electron chi connectivity index (χ4n) is 2.05. The number of rotatable bonds is 5. The normalized spacial score (nSPS) is 29.4. The van der Waals surface area contributed by atoms with Crippen molar-refractivity contribution in [2.24, 2.45) is 0 Å². The molecule has 1 aromatic carbocycles. The van der Waals surface area contributed by atoms with Gasteiger partial charge in [0.15, 0.2) is 6.29 Å². The first-order chi connectivity index (χ1) is 8.70. The predicted molar refractivity (Wildman–Crippen MR) is 67.0 cm³/mol. The Bertz CT molecular complexity index is 354. The van der Waals surface area contributed by atoms with Gasteiger partial charge in [-0.25, -0.2) is 0 Å². The second-order valence-corrected chi connectivity index (χ2v) is 4.58. The van der Waals surface area contributed by atoms with Gasteiger partial charge in [-0.1, -0.05) is 30.3 Å². The van der Waals surface area contributed by atoms with E-state index in [4.69, 9.17) is 14.2 Å². The zero-order valence-corrected chi connectivity index (χ0v) is 10.8. The van der Waals surface area contributed by atoms with Crippen molar-refractivity contribution in [2.45, 2.75) is 44.6 Å². The summed E-state index contributed by atoms with van der Waals surface area (Å²) >= 11 is 0. The summed E-state index contributed by atoms with van der Waals surface area (Å²) in [5.74, 6) is 0. The van der Waals surface area contributed by atoms with E-state index in [1.54, 1.807) is 7.11 Å². The molecule has 1 fully saturated rings. The summed E-state index contributed by atoms with van der Waals surface area (Å²) in [5, 5.41) is 9.78. The molecule has 1 aliphatic heterocycles. The number of aliphatic hydroxyl groups excluding tert-OH is 1. The van der Waals surface area contributed by atoms with Crippen LogP contribution >= 0.6 is 0 Å². The summed E-state index contributed by atoms with van der Waals surface area (Å²) in [4.78, 5) is 0. The standard InChI is InChI=1S/C14H20O4/c1-10(16-2)12-8-13(14(15)18-12)17-9-11-6-4-3-5-7-11/h3-7,10,12-15H,8-9H2,1-2H3/t10-,12-,13-,14?/m1/s1. The highest BCUT2D eigenvalue weighted by atomic mass is 16.7. The molecule has 4 heteroatoms. The fraction of sp³-hybridized carbons (Fsp3) is 0.571. The Labute approximate surface area is 107 Å². The van der Waals surface area contributed by atoms with E-state index in [0.717, 1.165) is 5.56 Å². The van der Waals surface area contributed by atoms with Crippen LogP contribution in [0.4, 0.5) is 0 Å². The van der Waals surface area contributed by atoms with Gasteiger partial charge in [-0.15, -0.1) is 0 Å². The lowest BCUT2D eigenvalue weighted by atomic mass is 10.1. The van der Waals surface area contributed by atoms with Crippen molar-refractivity contribution in [1.82, 2.24) is 0 Å². The van der Waals surface area contributed by atoms with Crippen LogP contribution in [0.5, 0.6) is 0 Å². The second kappa shape index (κ2) is 6.29. The first kappa shape index (κ1) is 13.5. The van der Waals surface area contributed by atoms with Gasteiger partial charge >= 0.3 is 0 Å². The van der Waals surface area contributed by atoms with Crippen molar-refractivity contribution >= 4 is 0 Å². The molecule has 18 heavy (non-hydrogen) atoms. The third-order valence-electron chi connectivity index (χ3n) is 3.30. The Balaban J connectivity index is 1.83. The average Bonchev–Trinajstić information content (AvgIpc) is 2.78. The molecule has 0 bridgehead atoms. The molecular formula is C14H20O4. The van der Waals surface area contributed by atoms with E-state index in [0.29, 0.717) is 13.0 Å². The van der Waals surface area contributed by atoms with Gasteiger partial charge in [0.05, 0.1) is 18.8 Å². The lowest BCUT2D eigenvalue weighted by Crippen LogP contribution is -2.25. The number of hydrogen-bond acceptors (Lipinski definition) is 4. The lowest BCUT2D eigenvalue weighted by Gasteiger charge is -2.16. The number of ether oxygens (including phenoxy) is 3. The van der Waals surface area contributed by atoms with Crippen molar-refractivity contribution in [3.05, 3.63) is 35.9 Å². The number of benzene rings is 1. The van der Waals surface area contributed by atoms with E-state index < -0.39 is 6.29 Å². The highest BCUT2D eigenvalue weighted by Gasteiger charge is 2.37. The van der Waals surface area contributed by atoms with Crippen LogP contribution in [-0.4, -0.2) is 36.8 Å². The zero-order chi connectivity index (χ0) is 13.0. The number of hydrogen-bond donors (Lipinski definition) is 1. The summed E-state index contributed by atoms with van der Waals surface area (Å²) in [5.41, 5.74) is 1.09. The molecule has 4 nitrogen and oxygen atoms in total. The van der Waals surface area contributed by atoms with Crippen molar-refractivity contribution in [2.75, 3.05) is 7.11 Å². The maximum atomic E-state index is 9.78. The van der Waals surface area contributed by atoms with Gasteiger partial charge in [-0.2, -0.15) is 0 Å². The molecule has 1 saturated heterocycles. The largest absolute Gasteiger partial charge is 0.379 e. The van der Waals surface area contributed by atoms with Crippen LogP contribution in [0.2, 0.25) is 0 Å². The highest BCUT2D eigenvalue weighted by Crippen LogP contribution is 2.25. The minimum absolute atomic E-state index is 0.0371. The molecule has 100 valence electrons. The summed E-state index contributed by atoms with van der Waals surface area (Å²) in [6, 6.07) is 9.90. The van der Waals surface area contributed by atoms with Gasteiger partial charge in [-0.05, 0) is 12.5 Å². The minimum atomic E-state index is -0.865. The van der Waals surface area contributed by atoms with Crippen molar-refractivity contribution < 1.29 is 19.3 Å². The molecule has 0 radical (unpaired) electrons. The molecule has 2 rings (SSSR count). The maximum Gasteiger partial charge on any atom is 0.181 e.